The van der Waals surface area contributed by atoms with Gasteiger partial charge in [0.2, 0.25) is 5.91 Å². The highest BCUT2D eigenvalue weighted by atomic mass is 79.9. The van der Waals surface area contributed by atoms with Crippen LogP contribution in [0.2, 0.25) is 0 Å². The molecule has 3 N–H and O–H groups in total. The van der Waals surface area contributed by atoms with Gasteiger partial charge in [-0.1, -0.05) is 0 Å². The number of carbonyl (C=O) groups is 2. The average molecular weight is 448 g/mol. The van der Waals surface area contributed by atoms with Crippen molar-refractivity contribution < 1.29 is 14.7 Å². The Hall–Kier alpha value is -1.47. The predicted molar refractivity (Wildman–Crippen MR) is 108 cm³/mol. The lowest BCUT2D eigenvalue weighted by molar-refractivity contribution is -0.148. The topological polar surface area (TPSA) is 91.3 Å². The van der Waals surface area contributed by atoms with E-state index in [2.05, 4.69) is 31.5 Å². The van der Waals surface area contributed by atoms with Gasteiger partial charge < -0.3 is 15.7 Å². The molecule has 2 heterocycles. The predicted octanol–water partition coefficient (Wildman–Crippen LogP) is 3.15. The maximum Gasteiger partial charge on any atom is 0.307 e. The molecule has 5 rings (SSSR count). The number of carbonyl (C=O) groups excluding carboxylic acids is 1. The Labute approximate surface area is 173 Å². The van der Waals surface area contributed by atoms with Crippen molar-refractivity contribution in [1.29, 1.82) is 0 Å². The summed E-state index contributed by atoms with van der Waals surface area (Å²) in [5.74, 6) is -0.334. The summed E-state index contributed by atoms with van der Waals surface area (Å²) in [6, 6.07) is 3.57. The van der Waals surface area contributed by atoms with E-state index in [0.29, 0.717) is 22.1 Å². The molecule has 1 spiro atoms. The van der Waals surface area contributed by atoms with E-state index in [1.807, 2.05) is 0 Å². The number of halogens is 1. The lowest BCUT2D eigenvalue weighted by atomic mass is 9.78. The summed E-state index contributed by atoms with van der Waals surface area (Å²) in [6.45, 7) is 2.14. The average Bonchev–Trinajstić information content (AvgIpc) is 3.27. The number of nitrogens with one attached hydrogen (secondary N) is 2. The largest absolute Gasteiger partial charge is 0.481 e. The van der Waals surface area contributed by atoms with E-state index in [1.165, 1.54) is 12.8 Å². The third kappa shape index (κ3) is 2.73. The molecule has 2 bridgehead atoms. The molecule has 28 heavy (non-hydrogen) atoms. The number of piperidine rings is 1. The normalized spacial score (nSPS) is 41.2. The molecule has 7 atom stereocenters. The molecule has 1 aromatic rings. The molecule has 1 aliphatic heterocycles. The zero-order valence-electron chi connectivity index (χ0n) is 15.7. The van der Waals surface area contributed by atoms with Gasteiger partial charge in [-0.25, -0.2) is 4.98 Å². The molecular formula is C21H26BrN3O3. The first-order valence-corrected chi connectivity index (χ1v) is 11.2. The zero-order chi connectivity index (χ0) is 19.5. The molecule has 7 heteroatoms. The first-order valence-electron chi connectivity index (χ1n) is 10.4. The fraction of sp³-hybridized carbons (Fsp3) is 0.667. The molecule has 6 nitrogen and oxygen atoms in total. The van der Waals surface area contributed by atoms with Crippen LogP contribution in [0.5, 0.6) is 0 Å². The second-order valence-electron chi connectivity index (χ2n) is 9.07. The van der Waals surface area contributed by atoms with Crippen LogP contribution in [0.25, 0.3) is 0 Å². The number of aliphatic carboxylic acids is 1. The third-order valence-corrected chi connectivity index (χ3v) is 8.48. The number of hydrogen-bond acceptors (Lipinski definition) is 4. The first kappa shape index (κ1) is 18.6. The van der Waals surface area contributed by atoms with Gasteiger partial charge in [-0.15, -0.1) is 0 Å². The van der Waals surface area contributed by atoms with E-state index < -0.39 is 17.8 Å². The van der Waals surface area contributed by atoms with Crippen LogP contribution in [-0.4, -0.2) is 35.1 Å². The Morgan fingerprint density at radius 3 is 2.61 bits per heavy atom. The summed E-state index contributed by atoms with van der Waals surface area (Å²) < 4.78 is 0.703. The van der Waals surface area contributed by atoms with Crippen LogP contribution in [-0.2, 0) is 9.59 Å². The van der Waals surface area contributed by atoms with Crippen LogP contribution in [0, 0.1) is 40.9 Å². The molecule has 3 saturated carbocycles. The van der Waals surface area contributed by atoms with Crippen molar-refractivity contribution in [2.75, 3.05) is 18.4 Å². The Morgan fingerprint density at radius 2 is 1.96 bits per heavy atom. The fourth-order valence-corrected chi connectivity index (χ4v) is 7.28. The van der Waals surface area contributed by atoms with Crippen LogP contribution < -0.4 is 10.6 Å². The SMILES string of the molecule is O=C(O)[C@H]1[C@H](C(=O)Nc2ccc(Br)nc2)[C@@H]2CC[C@H]1C21CC1C1CCCNC1. The minimum Gasteiger partial charge on any atom is -0.481 e. The number of anilines is 1. The number of aromatic nitrogens is 1. The highest BCUT2D eigenvalue weighted by Crippen LogP contribution is 2.79. The molecule has 4 aliphatic rings. The molecule has 0 radical (unpaired) electrons. The summed E-state index contributed by atoms with van der Waals surface area (Å²) in [5.41, 5.74) is 0.713. The molecular weight excluding hydrogens is 422 g/mol. The van der Waals surface area contributed by atoms with E-state index >= 15 is 0 Å². The number of carboxylic acids is 1. The van der Waals surface area contributed by atoms with Crippen molar-refractivity contribution in [2.24, 2.45) is 40.9 Å². The van der Waals surface area contributed by atoms with Gasteiger partial charge in [-0.3, -0.25) is 9.59 Å². The lowest BCUT2D eigenvalue weighted by Crippen LogP contribution is -2.37. The number of nitrogens with zero attached hydrogens (tertiary/aromatic N) is 1. The first-order chi connectivity index (χ1) is 13.5. The maximum absolute atomic E-state index is 13.2. The standard InChI is InChI=1S/C21H26BrN3O3/c22-16-6-3-12(10-24-16)25-19(26)17-13-4-5-14(18(17)20(27)28)21(13)8-15(21)11-2-1-7-23-9-11/h3,6,10-11,13-15,17-18,23H,1-2,4-5,7-9H2,(H,25,26)(H,27,28)/t11?,13-,14+,15?,17+,18+,21?/m0/s1. The number of rotatable bonds is 4. The van der Waals surface area contributed by atoms with E-state index in [1.54, 1.807) is 18.3 Å². The minimum absolute atomic E-state index is 0.0900. The molecule has 4 fully saturated rings. The molecule has 1 amide bonds. The summed E-state index contributed by atoms with van der Waals surface area (Å²) in [6.07, 6.45) is 7.10. The summed E-state index contributed by atoms with van der Waals surface area (Å²) in [7, 11) is 0. The zero-order valence-corrected chi connectivity index (χ0v) is 17.3. The number of pyridine rings is 1. The van der Waals surface area contributed by atoms with Crippen molar-refractivity contribution in [3.8, 4) is 0 Å². The van der Waals surface area contributed by atoms with Gasteiger partial charge in [0.05, 0.1) is 23.7 Å². The number of amides is 1. The minimum atomic E-state index is -0.798. The highest BCUT2D eigenvalue weighted by molar-refractivity contribution is 9.10. The third-order valence-electron chi connectivity index (χ3n) is 8.01. The van der Waals surface area contributed by atoms with E-state index in [9.17, 15) is 14.7 Å². The number of carboxylic acid groups (broad SMARTS) is 1. The number of hydrogen-bond donors (Lipinski definition) is 3. The van der Waals surface area contributed by atoms with Crippen LogP contribution in [0.3, 0.4) is 0 Å². The maximum atomic E-state index is 13.2. The smallest absolute Gasteiger partial charge is 0.307 e. The van der Waals surface area contributed by atoms with E-state index in [0.717, 1.165) is 32.4 Å². The van der Waals surface area contributed by atoms with Gasteiger partial charge >= 0.3 is 5.97 Å². The van der Waals surface area contributed by atoms with Gasteiger partial charge in [0.15, 0.2) is 0 Å². The van der Waals surface area contributed by atoms with Crippen LogP contribution in [0.15, 0.2) is 22.9 Å². The van der Waals surface area contributed by atoms with Crippen molar-refractivity contribution in [3.63, 3.8) is 0 Å². The quantitative estimate of drug-likeness (QED) is 0.616. The van der Waals surface area contributed by atoms with Crippen molar-refractivity contribution in [2.45, 2.75) is 32.1 Å². The fourth-order valence-electron chi connectivity index (χ4n) is 7.05. The van der Waals surface area contributed by atoms with Crippen molar-refractivity contribution in [1.82, 2.24) is 10.3 Å². The van der Waals surface area contributed by atoms with Gasteiger partial charge in [-0.05, 0) is 102 Å². The Morgan fingerprint density at radius 1 is 1.18 bits per heavy atom. The molecule has 1 saturated heterocycles. The van der Waals surface area contributed by atoms with Crippen LogP contribution >= 0.6 is 15.9 Å². The molecule has 3 unspecified atom stereocenters. The molecule has 150 valence electrons. The lowest BCUT2D eigenvalue weighted by Gasteiger charge is -2.27. The molecule has 3 aliphatic carbocycles. The monoisotopic (exact) mass is 447 g/mol. The van der Waals surface area contributed by atoms with E-state index in [4.69, 9.17) is 0 Å². The molecule has 0 aromatic carbocycles. The van der Waals surface area contributed by atoms with Gasteiger partial charge in [0.1, 0.15) is 4.60 Å². The summed E-state index contributed by atoms with van der Waals surface area (Å²) >= 11 is 3.29. The molecule has 1 aromatic heterocycles. The van der Waals surface area contributed by atoms with Gasteiger partial charge in [-0.2, -0.15) is 0 Å². The second-order valence-corrected chi connectivity index (χ2v) is 9.88. The van der Waals surface area contributed by atoms with Crippen LogP contribution in [0.1, 0.15) is 32.1 Å². The Kier molecular flexibility index (Phi) is 4.51. The van der Waals surface area contributed by atoms with Gasteiger partial charge in [0, 0.05) is 0 Å². The Balaban J connectivity index is 1.39. The van der Waals surface area contributed by atoms with Gasteiger partial charge in [0.25, 0.3) is 0 Å². The highest BCUT2D eigenvalue weighted by Gasteiger charge is 2.77. The van der Waals surface area contributed by atoms with E-state index in [-0.39, 0.29) is 23.2 Å². The summed E-state index contributed by atoms with van der Waals surface area (Å²) in [5, 5.41) is 16.5. The summed E-state index contributed by atoms with van der Waals surface area (Å²) in [4.78, 5) is 29.5. The Bertz CT molecular complexity index is 795. The second kappa shape index (κ2) is 6.80. The van der Waals surface area contributed by atoms with Crippen molar-refractivity contribution >= 4 is 33.5 Å². The van der Waals surface area contributed by atoms with Crippen molar-refractivity contribution in [3.05, 3.63) is 22.9 Å². The van der Waals surface area contributed by atoms with Crippen LogP contribution in [0.4, 0.5) is 5.69 Å².